The summed E-state index contributed by atoms with van der Waals surface area (Å²) in [7, 11) is 1.38. The van der Waals surface area contributed by atoms with Gasteiger partial charge in [0.15, 0.2) is 11.6 Å². The molecule has 94 valence electrons. The summed E-state index contributed by atoms with van der Waals surface area (Å²) in [5.41, 5.74) is 0.704. The predicted octanol–water partition coefficient (Wildman–Crippen LogP) is 2.53. The Balaban J connectivity index is 2.73. The molecule has 1 aromatic heterocycles. The molecule has 0 spiro atoms. The predicted molar refractivity (Wildman–Crippen MR) is 62.1 cm³/mol. The zero-order chi connectivity index (χ0) is 13.1. The maximum absolute atomic E-state index is 13.8. The Hall–Kier alpha value is -2.01. The van der Waals surface area contributed by atoms with Crippen LogP contribution in [-0.2, 0) is 6.61 Å². The molecule has 0 aliphatic rings. The lowest BCUT2D eigenvalue weighted by Crippen LogP contribution is -1.99. The molecule has 2 aromatic rings. The van der Waals surface area contributed by atoms with Crippen LogP contribution in [0.1, 0.15) is 5.56 Å². The molecule has 0 unspecified atom stereocenters. The summed E-state index contributed by atoms with van der Waals surface area (Å²) in [6, 6.07) is 5.36. The third-order valence-corrected chi connectivity index (χ3v) is 2.59. The number of ether oxygens (including phenoxy) is 1. The van der Waals surface area contributed by atoms with Crippen molar-refractivity contribution >= 4 is 0 Å². The van der Waals surface area contributed by atoms with E-state index >= 15 is 0 Å². The van der Waals surface area contributed by atoms with Gasteiger partial charge in [0, 0.05) is 11.8 Å². The quantitative estimate of drug-likeness (QED) is 0.911. The van der Waals surface area contributed by atoms with E-state index in [-0.39, 0.29) is 23.6 Å². The van der Waals surface area contributed by atoms with Gasteiger partial charge in [-0.25, -0.2) is 13.8 Å². The number of hydrogen-bond donors (Lipinski definition) is 1. The lowest BCUT2D eigenvalue weighted by Gasteiger charge is -2.12. The molecule has 0 saturated carbocycles. The van der Waals surface area contributed by atoms with Crippen molar-refractivity contribution in [3.05, 3.63) is 47.7 Å². The Morgan fingerprint density at radius 1 is 1.28 bits per heavy atom. The number of aliphatic hydroxyl groups excluding tert-OH is 1. The summed E-state index contributed by atoms with van der Waals surface area (Å²) >= 11 is 0. The zero-order valence-electron chi connectivity index (χ0n) is 9.65. The standard InChI is InChI=1S/C13H11F2NO2/c1-18-13-11(8(7-17)5-6-16-13)9-3-2-4-10(14)12(9)15/h2-6,17H,7H2,1H3. The first kappa shape index (κ1) is 12.4. The van der Waals surface area contributed by atoms with E-state index in [0.717, 1.165) is 6.07 Å². The molecule has 1 heterocycles. The van der Waals surface area contributed by atoms with Gasteiger partial charge in [-0.3, -0.25) is 0 Å². The fourth-order valence-electron chi connectivity index (χ4n) is 1.75. The first-order valence-electron chi connectivity index (χ1n) is 5.26. The second-order valence-corrected chi connectivity index (χ2v) is 3.61. The molecule has 0 amide bonds. The molecule has 0 aliphatic heterocycles. The summed E-state index contributed by atoms with van der Waals surface area (Å²) < 4.78 is 32.0. The van der Waals surface area contributed by atoms with Crippen LogP contribution in [0, 0.1) is 11.6 Å². The highest BCUT2D eigenvalue weighted by atomic mass is 19.2. The molecule has 0 bridgehead atoms. The molecule has 18 heavy (non-hydrogen) atoms. The number of halogens is 2. The number of nitrogens with zero attached hydrogens (tertiary/aromatic N) is 1. The van der Waals surface area contributed by atoms with E-state index in [1.807, 2.05) is 0 Å². The number of hydrogen-bond acceptors (Lipinski definition) is 3. The van der Waals surface area contributed by atoms with Crippen molar-refractivity contribution in [1.29, 1.82) is 0 Å². The van der Waals surface area contributed by atoms with Gasteiger partial charge in [0.25, 0.3) is 0 Å². The number of pyridine rings is 1. The van der Waals surface area contributed by atoms with E-state index < -0.39 is 11.6 Å². The van der Waals surface area contributed by atoms with E-state index in [1.165, 1.54) is 31.5 Å². The molecular weight excluding hydrogens is 240 g/mol. The van der Waals surface area contributed by atoms with Crippen LogP contribution in [0.5, 0.6) is 5.88 Å². The molecular formula is C13H11F2NO2. The molecule has 0 saturated heterocycles. The van der Waals surface area contributed by atoms with Crippen LogP contribution in [0.2, 0.25) is 0 Å². The lowest BCUT2D eigenvalue weighted by atomic mass is 10.0. The number of aromatic nitrogens is 1. The van der Waals surface area contributed by atoms with E-state index in [1.54, 1.807) is 0 Å². The molecule has 0 atom stereocenters. The fraction of sp³-hybridized carbons (Fsp3) is 0.154. The third-order valence-electron chi connectivity index (χ3n) is 2.59. The average molecular weight is 251 g/mol. The third kappa shape index (κ3) is 2.04. The van der Waals surface area contributed by atoms with Gasteiger partial charge in [0.2, 0.25) is 5.88 Å². The topological polar surface area (TPSA) is 42.4 Å². The van der Waals surface area contributed by atoms with Crippen molar-refractivity contribution < 1.29 is 18.6 Å². The van der Waals surface area contributed by atoms with Crippen molar-refractivity contribution in [2.45, 2.75) is 6.61 Å². The Labute approximate surface area is 103 Å². The highest BCUT2D eigenvalue weighted by Crippen LogP contribution is 2.34. The highest BCUT2D eigenvalue weighted by Gasteiger charge is 2.18. The number of benzene rings is 1. The molecule has 0 fully saturated rings. The van der Waals surface area contributed by atoms with Gasteiger partial charge >= 0.3 is 0 Å². The largest absolute Gasteiger partial charge is 0.481 e. The van der Waals surface area contributed by atoms with Gasteiger partial charge in [-0.05, 0) is 17.7 Å². The van der Waals surface area contributed by atoms with Gasteiger partial charge in [0.1, 0.15) is 0 Å². The van der Waals surface area contributed by atoms with E-state index in [0.29, 0.717) is 5.56 Å². The highest BCUT2D eigenvalue weighted by molar-refractivity contribution is 5.72. The summed E-state index contributed by atoms with van der Waals surface area (Å²) in [5.74, 6) is -1.80. The Morgan fingerprint density at radius 3 is 2.72 bits per heavy atom. The second-order valence-electron chi connectivity index (χ2n) is 3.61. The maximum Gasteiger partial charge on any atom is 0.221 e. The van der Waals surface area contributed by atoms with Crippen LogP contribution < -0.4 is 4.74 Å². The summed E-state index contributed by atoms with van der Waals surface area (Å²) in [6.07, 6.45) is 1.44. The van der Waals surface area contributed by atoms with Crippen LogP contribution in [0.4, 0.5) is 8.78 Å². The maximum atomic E-state index is 13.8. The molecule has 1 aromatic carbocycles. The summed E-state index contributed by atoms with van der Waals surface area (Å²) in [4.78, 5) is 3.93. The normalized spacial score (nSPS) is 10.4. The van der Waals surface area contributed by atoms with Crippen molar-refractivity contribution in [2.75, 3.05) is 7.11 Å². The van der Waals surface area contributed by atoms with E-state index in [2.05, 4.69) is 4.98 Å². The lowest BCUT2D eigenvalue weighted by molar-refractivity contribution is 0.281. The van der Waals surface area contributed by atoms with Gasteiger partial charge in [0.05, 0.1) is 19.3 Å². The van der Waals surface area contributed by atoms with Crippen molar-refractivity contribution in [1.82, 2.24) is 4.98 Å². The molecule has 0 radical (unpaired) electrons. The smallest absolute Gasteiger partial charge is 0.221 e. The molecule has 1 N–H and O–H groups in total. The van der Waals surface area contributed by atoms with Crippen LogP contribution in [0.25, 0.3) is 11.1 Å². The van der Waals surface area contributed by atoms with Crippen molar-refractivity contribution in [3.63, 3.8) is 0 Å². The minimum absolute atomic E-state index is 0.0176. The van der Waals surface area contributed by atoms with Crippen molar-refractivity contribution in [2.24, 2.45) is 0 Å². The Morgan fingerprint density at radius 2 is 2.06 bits per heavy atom. The van der Waals surface area contributed by atoms with Crippen LogP contribution in [-0.4, -0.2) is 17.2 Å². The number of aliphatic hydroxyl groups is 1. The molecule has 3 nitrogen and oxygen atoms in total. The van der Waals surface area contributed by atoms with Crippen LogP contribution in [0.15, 0.2) is 30.5 Å². The van der Waals surface area contributed by atoms with Gasteiger partial charge in [-0.15, -0.1) is 0 Å². The van der Waals surface area contributed by atoms with Gasteiger partial charge in [-0.2, -0.15) is 0 Å². The van der Waals surface area contributed by atoms with Crippen molar-refractivity contribution in [3.8, 4) is 17.0 Å². The Kier molecular flexibility index (Phi) is 3.53. The van der Waals surface area contributed by atoms with Gasteiger partial charge in [-0.1, -0.05) is 12.1 Å². The SMILES string of the molecule is COc1nccc(CO)c1-c1cccc(F)c1F. The van der Waals surface area contributed by atoms with Crippen LogP contribution >= 0.6 is 0 Å². The molecule has 0 aliphatic carbocycles. The average Bonchev–Trinajstić information content (AvgIpc) is 2.41. The molecule has 5 heteroatoms. The van der Waals surface area contributed by atoms with Crippen LogP contribution in [0.3, 0.4) is 0 Å². The molecule has 2 rings (SSSR count). The zero-order valence-corrected chi connectivity index (χ0v) is 9.65. The number of rotatable bonds is 3. The van der Waals surface area contributed by atoms with E-state index in [9.17, 15) is 13.9 Å². The van der Waals surface area contributed by atoms with E-state index in [4.69, 9.17) is 4.74 Å². The first-order valence-corrected chi connectivity index (χ1v) is 5.26. The minimum Gasteiger partial charge on any atom is -0.481 e. The number of methoxy groups -OCH3 is 1. The van der Waals surface area contributed by atoms with Gasteiger partial charge < -0.3 is 9.84 Å². The fourth-order valence-corrected chi connectivity index (χ4v) is 1.75. The summed E-state index contributed by atoms with van der Waals surface area (Å²) in [6.45, 7) is -0.315. The Bertz CT molecular complexity index is 551. The monoisotopic (exact) mass is 251 g/mol. The second kappa shape index (κ2) is 5.10. The minimum atomic E-state index is -0.988. The first-order chi connectivity index (χ1) is 8.69. The summed E-state index contributed by atoms with van der Waals surface area (Å²) in [5, 5.41) is 9.26.